The predicted molar refractivity (Wildman–Crippen MR) is 147 cm³/mol. The Morgan fingerprint density at radius 2 is 1.92 bits per heavy atom. The summed E-state index contributed by atoms with van der Waals surface area (Å²) in [6.07, 6.45) is 2.67. The molecule has 10 heteroatoms. The normalized spacial score (nSPS) is 19.6. The van der Waals surface area contributed by atoms with E-state index >= 15 is 0 Å². The highest BCUT2D eigenvalue weighted by molar-refractivity contribution is 6.06. The molecule has 4 amide bonds. The van der Waals surface area contributed by atoms with Crippen molar-refractivity contribution >= 4 is 29.5 Å². The Balaban J connectivity index is 1.61. The van der Waals surface area contributed by atoms with Crippen LogP contribution in [0.25, 0.3) is 0 Å². The number of likely N-dealkylation sites (tertiary alicyclic amines) is 1. The minimum atomic E-state index is -0.833. The highest BCUT2D eigenvalue weighted by atomic mass is 16.6. The molecule has 39 heavy (non-hydrogen) atoms. The first-order valence-corrected chi connectivity index (χ1v) is 14.2. The molecule has 1 saturated carbocycles. The van der Waals surface area contributed by atoms with Gasteiger partial charge in [0.15, 0.2) is 5.60 Å². The van der Waals surface area contributed by atoms with E-state index in [2.05, 4.69) is 5.32 Å². The SMILES string of the molecule is CCC(=O)NCCN1C(=O)C2(CC2)Oc2cc(C)c(C(=O)N(C(C)C)[C@@H]3CCCN(C(=O)OC(C)C)C3)cc21. The maximum atomic E-state index is 14.1. The van der Waals surface area contributed by atoms with E-state index in [0.29, 0.717) is 62.4 Å². The van der Waals surface area contributed by atoms with Gasteiger partial charge in [0.25, 0.3) is 11.8 Å². The summed E-state index contributed by atoms with van der Waals surface area (Å²) in [5.74, 6) is 0.227. The molecule has 10 nitrogen and oxygen atoms in total. The number of nitrogens with zero attached hydrogens (tertiary/aromatic N) is 3. The molecule has 2 fully saturated rings. The Morgan fingerprint density at radius 1 is 1.21 bits per heavy atom. The Labute approximate surface area is 231 Å². The maximum absolute atomic E-state index is 14.1. The number of carbonyl (C=O) groups is 4. The van der Waals surface area contributed by atoms with Crippen LogP contribution in [0.5, 0.6) is 5.75 Å². The van der Waals surface area contributed by atoms with Gasteiger partial charge in [-0.25, -0.2) is 4.79 Å². The summed E-state index contributed by atoms with van der Waals surface area (Å²) in [5, 5.41) is 2.84. The van der Waals surface area contributed by atoms with Gasteiger partial charge in [-0.3, -0.25) is 14.4 Å². The molecule has 2 heterocycles. The van der Waals surface area contributed by atoms with Crippen molar-refractivity contribution in [2.75, 3.05) is 31.1 Å². The molecule has 0 unspecified atom stereocenters. The minimum Gasteiger partial charge on any atom is -0.475 e. The number of hydrogen-bond acceptors (Lipinski definition) is 6. The van der Waals surface area contributed by atoms with E-state index < -0.39 is 5.60 Å². The molecule has 1 spiro atoms. The topological polar surface area (TPSA) is 108 Å². The molecule has 1 aliphatic carbocycles. The number of fused-ring (bicyclic) bond motifs is 1. The zero-order chi connectivity index (χ0) is 28.5. The standard InChI is InChI=1S/C29H42N4O6/c1-7-25(34)30-12-14-32-23-16-22(20(6)15-24(23)39-29(10-11-29)27(32)36)26(35)33(18(2)3)21-9-8-13-31(17-21)28(37)38-19(4)5/h15-16,18-19,21H,7-14,17H2,1-6H3,(H,30,34)/t21-/m1/s1. The second kappa shape index (κ2) is 11.4. The summed E-state index contributed by atoms with van der Waals surface area (Å²) < 4.78 is 11.6. The Hall–Kier alpha value is -3.30. The van der Waals surface area contributed by atoms with Crippen LogP contribution >= 0.6 is 0 Å². The summed E-state index contributed by atoms with van der Waals surface area (Å²) in [6.45, 7) is 12.9. The molecular formula is C29H42N4O6. The van der Waals surface area contributed by atoms with Gasteiger partial charge in [0.05, 0.1) is 17.8 Å². The first-order chi connectivity index (χ1) is 18.5. The lowest BCUT2D eigenvalue weighted by molar-refractivity contribution is -0.128. The van der Waals surface area contributed by atoms with Crippen LogP contribution in [0.15, 0.2) is 12.1 Å². The molecule has 3 aliphatic rings. The van der Waals surface area contributed by atoms with Crippen LogP contribution in [-0.2, 0) is 14.3 Å². The lowest BCUT2D eigenvalue weighted by Crippen LogP contribution is -2.54. The fourth-order valence-corrected chi connectivity index (χ4v) is 5.47. The highest BCUT2D eigenvalue weighted by Gasteiger charge is 2.58. The number of nitrogens with one attached hydrogen (secondary N) is 1. The monoisotopic (exact) mass is 542 g/mol. The summed E-state index contributed by atoms with van der Waals surface area (Å²) >= 11 is 0. The lowest BCUT2D eigenvalue weighted by Gasteiger charge is -2.41. The summed E-state index contributed by atoms with van der Waals surface area (Å²) in [7, 11) is 0. The predicted octanol–water partition coefficient (Wildman–Crippen LogP) is 3.64. The van der Waals surface area contributed by atoms with Gasteiger partial charge in [-0.1, -0.05) is 6.92 Å². The van der Waals surface area contributed by atoms with Gasteiger partial charge < -0.3 is 29.5 Å². The number of ether oxygens (including phenoxy) is 2. The molecule has 1 saturated heterocycles. The average molecular weight is 543 g/mol. The fraction of sp³-hybridized carbons (Fsp3) is 0.655. The Kier molecular flexibility index (Phi) is 8.42. The van der Waals surface area contributed by atoms with Crippen molar-refractivity contribution in [3.05, 3.63) is 23.3 Å². The third-order valence-electron chi connectivity index (χ3n) is 7.63. The smallest absolute Gasteiger partial charge is 0.410 e. The van der Waals surface area contributed by atoms with Gasteiger partial charge >= 0.3 is 6.09 Å². The van der Waals surface area contributed by atoms with E-state index in [1.807, 2.05) is 45.6 Å². The van der Waals surface area contributed by atoms with Crippen molar-refractivity contribution in [3.63, 3.8) is 0 Å². The minimum absolute atomic E-state index is 0.0804. The van der Waals surface area contributed by atoms with Crippen molar-refractivity contribution in [2.24, 2.45) is 0 Å². The van der Waals surface area contributed by atoms with Gasteiger partial charge in [-0.05, 0) is 65.2 Å². The quantitative estimate of drug-likeness (QED) is 0.537. The van der Waals surface area contributed by atoms with Crippen LogP contribution < -0.4 is 15.0 Å². The fourth-order valence-electron chi connectivity index (χ4n) is 5.47. The number of carbonyl (C=O) groups excluding carboxylic acids is 4. The van der Waals surface area contributed by atoms with Crippen LogP contribution in [0.4, 0.5) is 10.5 Å². The van der Waals surface area contributed by atoms with Gasteiger partial charge in [0.2, 0.25) is 5.91 Å². The van der Waals surface area contributed by atoms with E-state index in [1.54, 1.807) is 22.8 Å². The number of hydrogen-bond donors (Lipinski definition) is 1. The second-order valence-electron chi connectivity index (χ2n) is 11.4. The van der Waals surface area contributed by atoms with Gasteiger partial charge in [0, 0.05) is 57.0 Å². The second-order valence-corrected chi connectivity index (χ2v) is 11.4. The molecule has 2 aliphatic heterocycles. The zero-order valence-corrected chi connectivity index (χ0v) is 24.0. The number of benzene rings is 1. The van der Waals surface area contributed by atoms with E-state index in [9.17, 15) is 19.2 Å². The van der Waals surface area contributed by atoms with E-state index in [4.69, 9.17) is 9.47 Å². The van der Waals surface area contributed by atoms with Crippen LogP contribution in [0.3, 0.4) is 0 Å². The van der Waals surface area contributed by atoms with Crippen molar-refractivity contribution in [1.82, 2.24) is 15.1 Å². The summed E-state index contributed by atoms with van der Waals surface area (Å²) in [5.41, 5.74) is 0.974. The first kappa shape index (κ1) is 28.7. The summed E-state index contributed by atoms with van der Waals surface area (Å²) in [4.78, 5) is 57.1. The Bertz CT molecular complexity index is 1130. The van der Waals surface area contributed by atoms with E-state index in [1.165, 1.54) is 0 Å². The molecule has 1 N–H and O–H groups in total. The molecule has 4 rings (SSSR count). The Morgan fingerprint density at radius 3 is 2.54 bits per heavy atom. The number of piperidine rings is 1. The largest absolute Gasteiger partial charge is 0.475 e. The van der Waals surface area contributed by atoms with Crippen molar-refractivity contribution in [1.29, 1.82) is 0 Å². The highest BCUT2D eigenvalue weighted by Crippen LogP contribution is 2.50. The average Bonchev–Trinajstić information content (AvgIpc) is 3.65. The molecule has 0 bridgehead atoms. The van der Waals surface area contributed by atoms with Gasteiger partial charge in [-0.2, -0.15) is 0 Å². The van der Waals surface area contributed by atoms with E-state index in [-0.39, 0.29) is 42.0 Å². The lowest BCUT2D eigenvalue weighted by atomic mass is 9.98. The van der Waals surface area contributed by atoms with Crippen molar-refractivity contribution < 1.29 is 28.7 Å². The maximum Gasteiger partial charge on any atom is 0.410 e. The molecule has 1 atom stereocenters. The number of rotatable bonds is 8. The molecule has 1 aromatic carbocycles. The van der Waals surface area contributed by atoms with Crippen molar-refractivity contribution in [3.8, 4) is 5.75 Å². The van der Waals surface area contributed by atoms with Crippen molar-refractivity contribution in [2.45, 2.75) is 97.4 Å². The van der Waals surface area contributed by atoms with Crippen LogP contribution in [0.1, 0.15) is 82.6 Å². The summed E-state index contributed by atoms with van der Waals surface area (Å²) in [6, 6.07) is 3.34. The van der Waals surface area contributed by atoms with Crippen LogP contribution in [0, 0.1) is 6.92 Å². The van der Waals surface area contributed by atoms with Gasteiger partial charge in [0.1, 0.15) is 5.75 Å². The third-order valence-corrected chi connectivity index (χ3v) is 7.63. The number of amides is 4. The van der Waals surface area contributed by atoms with Crippen LogP contribution in [-0.4, -0.2) is 83.6 Å². The molecule has 1 aromatic rings. The molecule has 0 aromatic heterocycles. The third kappa shape index (κ3) is 5.99. The molecular weight excluding hydrogens is 500 g/mol. The van der Waals surface area contributed by atoms with Gasteiger partial charge in [-0.15, -0.1) is 0 Å². The van der Waals surface area contributed by atoms with Crippen LogP contribution in [0.2, 0.25) is 0 Å². The molecule has 0 radical (unpaired) electrons. The van der Waals surface area contributed by atoms with E-state index in [0.717, 1.165) is 18.4 Å². The number of aryl methyl sites for hydroxylation is 1. The first-order valence-electron chi connectivity index (χ1n) is 14.2. The number of anilines is 1. The zero-order valence-electron chi connectivity index (χ0n) is 24.0. The molecule has 214 valence electrons.